The number of hydrogen-bond donors (Lipinski definition) is 1. The van der Waals surface area contributed by atoms with Crippen molar-refractivity contribution < 1.29 is 0 Å². The van der Waals surface area contributed by atoms with Crippen LogP contribution in [0.5, 0.6) is 0 Å². The zero-order valence-corrected chi connectivity index (χ0v) is 11.4. The lowest BCUT2D eigenvalue weighted by molar-refractivity contribution is 0.00485. The summed E-state index contributed by atoms with van der Waals surface area (Å²) in [7, 11) is 0. The van der Waals surface area contributed by atoms with Crippen molar-refractivity contribution >= 4 is 0 Å². The van der Waals surface area contributed by atoms with Gasteiger partial charge in [-0.2, -0.15) is 0 Å². The average molecular weight is 237 g/mol. The number of hydrogen-bond acceptors (Lipinski definition) is 3. The van der Waals surface area contributed by atoms with Crippen LogP contribution in [0.3, 0.4) is 0 Å². The zero-order valence-electron chi connectivity index (χ0n) is 11.4. The minimum absolute atomic E-state index is 0.453. The smallest absolute Gasteiger partial charge is 0.0275 e. The molecule has 0 bridgehead atoms. The molecule has 0 amide bonds. The molecule has 0 aromatic rings. The van der Waals surface area contributed by atoms with Gasteiger partial charge in [0.05, 0.1) is 0 Å². The van der Waals surface area contributed by atoms with E-state index in [0.717, 1.165) is 19.6 Å². The summed E-state index contributed by atoms with van der Waals surface area (Å²) in [5, 5.41) is 3.45. The molecule has 2 aliphatic heterocycles. The van der Waals surface area contributed by atoms with E-state index in [9.17, 15) is 0 Å². The first-order valence-electron chi connectivity index (χ1n) is 6.91. The molecule has 0 spiro atoms. The highest BCUT2D eigenvalue weighted by molar-refractivity contribution is 4.95. The van der Waals surface area contributed by atoms with E-state index >= 15 is 0 Å². The van der Waals surface area contributed by atoms with Gasteiger partial charge in [0.2, 0.25) is 0 Å². The van der Waals surface area contributed by atoms with Crippen molar-refractivity contribution in [3.8, 4) is 0 Å². The Bertz CT molecular complexity index is 256. The van der Waals surface area contributed by atoms with Crippen LogP contribution in [0.15, 0.2) is 12.7 Å². The van der Waals surface area contributed by atoms with Gasteiger partial charge in [0.25, 0.3) is 0 Å². The fourth-order valence-corrected chi connectivity index (χ4v) is 3.15. The quantitative estimate of drug-likeness (QED) is 0.744. The molecule has 1 unspecified atom stereocenters. The highest BCUT2D eigenvalue weighted by atomic mass is 15.3. The van der Waals surface area contributed by atoms with E-state index < -0.39 is 0 Å². The second-order valence-electron chi connectivity index (χ2n) is 6.09. The molecule has 2 aliphatic rings. The van der Waals surface area contributed by atoms with Crippen molar-refractivity contribution in [1.82, 2.24) is 15.1 Å². The summed E-state index contributed by atoms with van der Waals surface area (Å²) >= 11 is 0. The van der Waals surface area contributed by atoms with Gasteiger partial charge >= 0.3 is 0 Å². The second kappa shape index (κ2) is 5.51. The predicted octanol–water partition coefficient (Wildman–Crippen LogP) is 1.18. The predicted molar refractivity (Wildman–Crippen MR) is 73.3 cm³/mol. The topological polar surface area (TPSA) is 18.5 Å². The Morgan fingerprint density at radius 2 is 2.00 bits per heavy atom. The average Bonchev–Trinajstić information content (AvgIpc) is 2.33. The lowest BCUT2D eigenvalue weighted by Gasteiger charge is -2.50. The van der Waals surface area contributed by atoms with Gasteiger partial charge in [0.1, 0.15) is 0 Å². The van der Waals surface area contributed by atoms with Crippen LogP contribution >= 0.6 is 0 Å². The Hall–Kier alpha value is -0.380. The third-order valence-corrected chi connectivity index (χ3v) is 4.39. The Balaban J connectivity index is 2.01. The third kappa shape index (κ3) is 3.09. The van der Waals surface area contributed by atoms with Gasteiger partial charge in [-0.3, -0.25) is 9.80 Å². The summed E-state index contributed by atoms with van der Waals surface area (Å²) in [6.07, 6.45) is 3.34. The van der Waals surface area contributed by atoms with Crippen LogP contribution in [0, 0.1) is 5.41 Å². The minimum Gasteiger partial charge on any atom is -0.314 e. The van der Waals surface area contributed by atoms with Crippen LogP contribution in [0.2, 0.25) is 0 Å². The van der Waals surface area contributed by atoms with Crippen LogP contribution in [-0.2, 0) is 0 Å². The Morgan fingerprint density at radius 1 is 1.29 bits per heavy atom. The van der Waals surface area contributed by atoms with E-state index in [4.69, 9.17) is 0 Å². The summed E-state index contributed by atoms with van der Waals surface area (Å²) in [6, 6.07) is 0.707. The first-order valence-corrected chi connectivity index (χ1v) is 6.91. The molecule has 0 aromatic carbocycles. The lowest BCUT2D eigenvalue weighted by Crippen LogP contribution is -2.60. The molecule has 0 aliphatic carbocycles. The van der Waals surface area contributed by atoms with Crippen LogP contribution in [0.25, 0.3) is 0 Å². The van der Waals surface area contributed by atoms with Crippen molar-refractivity contribution in [3.63, 3.8) is 0 Å². The molecule has 2 saturated heterocycles. The SMILES string of the molecule is C=CCN1CCC(C)(C)C(N2CCNCC2)C1. The van der Waals surface area contributed by atoms with Crippen molar-refractivity contribution in [2.45, 2.75) is 26.3 Å². The maximum absolute atomic E-state index is 3.86. The van der Waals surface area contributed by atoms with Gasteiger partial charge in [0, 0.05) is 45.3 Å². The summed E-state index contributed by atoms with van der Waals surface area (Å²) in [5.74, 6) is 0. The highest BCUT2D eigenvalue weighted by Crippen LogP contribution is 2.33. The molecule has 2 rings (SSSR count). The van der Waals surface area contributed by atoms with Gasteiger partial charge in [-0.25, -0.2) is 0 Å². The number of likely N-dealkylation sites (tertiary alicyclic amines) is 1. The summed E-state index contributed by atoms with van der Waals surface area (Å²) in [4.78, 5) is 5.23. The molecule has 2 fully saturated rings. The molecule has 1 N–H and O–H groups in total. The first-order chi connectivity index (χ1) is 8.13. The molecule has 2 heterocycles. The molecule has 3 heteroatoms. The van der Waals surface area contributed by atoms with E-state index in [1.54, 1.807) is 0 Å². The molecule has 0 radical (unpaired) electrons. The first kappa shape index (κ1) is 13.1. The standard InChI is InChI=1S/C14H27N3/c1-4-8-16-9-5-14(2,3)13(12-16)17-10-6-15-7-11-17/h4,13,15H,1,5-12H2,2-3H3. The molecular weight excluding hydrogens is 210 g/mol. The summed E-state index contributed by atoms with van der Waals surface area (Å²) < 4.78 is 0. The van der Waals surface area contributed by atoms with Crippen LogP contribution in [0.1, 0.15) is 20.3 Å². The summed E-state index contributed by atoms with van der Waals surface area (Å²) in [5.41, 5.74) is 0.453. The van der Waals surface area contributed by atoms with E-state index in [0.29, 0.717) is 11.5 Å². The van der Waals surface area contributed by atoms with Crippen LogP contribution < -0.4 is 5.32 Å². The van der Waals surface area contributed by atoms with Crippen molar-refractivity contribution in [3.05, 3.63) is 12.7 Å². The van der Waals surface area contributed by atoms with E-state index in [1.807, 2.05) is 6.08 Å². The second-order valence-corrected chi connectivity index (χ2v) is 6.09. The maximum atomic E-state index is 3.86. The van der Waals surface area contributed by atoms with Crippen LogP contribution in [0.4, 0.5) is 0 Å². The van der Waals surface area contributed by atoms with E-state index in [-0.39, 0.29) is 0 Å². The number of rotatable bonds is 3. The zero-order chi connectivity index (χ0) is 12.3. The molecule has 3 nitrogen and oxygen atoms in total. The minimum atomic E-state index is 0.453. The molecule has 1 atom stereocenters. The molecule has 17 heavy (non-hydrogen) atoms. The van der Waals surface area contributed by atoms with E-state index in [1.165, 1.54) is 32.6 Å². The van der Waals surface area contributed by atoms with Crippen molar-refractivity contribution in [2.24, 2.45) is 5.41 Å². The molecule has 98 valence electrons. The van der Waals surface area contributed by atoms with Crippen molar-refractivity contribution in [2.75, 3.05) is 45.8 Å². The number of piperazine rings is 1. The number of nitrogens with one attached hydrogen (secondary N) is 1. The Kier molecular flexibility index (Phi) is 4.23. The fraction of sp³-hybridized carbons (Fsp3) is 0.857. The lowest BCUT2D eigenvalue weighted by atomic mass is 9.77. The Morgan fingerprint density at radius 3 is 2.65 bits per heavy atom. The van der Waals surface area contributed by atoms with Gasteiger partial charge < -0.3 is 5.32 Å². The van der Waals surface area contributed by atoms with Gasteiger partial charge in [-0.05, 0) is 18.4 Å². The number of nitrogens with zero attached hydrogens (tertiary/aromatic N) is 2. The van der Waals surface area contributed by atoms with E-state index in [2.05, 4.69) is 35.5 Å². The third-order valence-electron chi connectivity index (χ3n) is 4.39. The van der Waals surface area contributed by atoms with Gasteiger partial charge in [-0.15, -0.1) is 6.58 Å². The molecule has 0 aromatic heterocycles. The van der Waals surface area contributed by atoms with Crippen molar-refractivity contribution in [1.29, 1.82) is 0 Å². The highest BCUT2D eigenvalue weighted by Gasteiger charge is 2.38. The van der Waals surface area contributed by atoms with Gasteiger partial charge in [0.15, 0.2) is 0 Å². The number of piperidine rings is 1. The fourth-order valence-electron chi connectivity index (χ4n) is 3.15. The largest absolute Gasteiger partial charge is 0.314 e. The molecule has 0 saturated carbocycles. The summed E-state index contributed by atoms with van der Waals surface area (Å²) in [6.45, 7) is 16.9. The normalized spacial score (nSPS) is 31.3. The monoisotopic (exact) mass is 237 g/mol. The van der Waals surface area contributed by atoms with Crippen LogP contribution in [-0.4, -0.2) is 61.7 Å². The maximum Gasteiger partial charge on any atom is 0.0275 e. The van der Waals surface area contributed by atoms with Gasteiger partial charge in [-0.1, -0.05) is 19.9 Å². The molecular formula is C14H27N3. The Labute approximate surface area is 106 Å².